The van der Waals surface area contributed by atoms with E-state index in [1.807, 2.05) is 12.1 Å². The zero-order valence-corrected chi connectivity index (χ0v) is 18.5. The molecule has 5 aliphatic rings. The maximum absolute atomic E-state index is 12.8. The minimum atomic E-state index is -0.292. The highest BCUT2D eigenvalue weighted by Gasteiger charge is 2.70. The van der Waals surface area contributed by atoms with E-state index in [9.17, 15) is 9.90 Å². The summed E-state index contributed by atoms with van der Waals surface area (Å²) in [5.74, 6) is 2.76. The van der Waals surface area contributed by atoms with Crippen LogP contribution in [0.2, 0.25) is 0 Å². The predicted octanol–water partition coefficient (Wildman–Crippen LogP) is 5.26. The molecule has 4 heteroatoms. The second-order valence-electron chi connectivity index (χ2n) is 11.7. The lowest BCUT2D eigenvalue weighted by Gasteiger charge is -2.70. The van der Waals surface area contributed by atoms with Gasteiger partial charge in [-0.1, -0.05) is 13.3 Å². The Morgan fingerprint density at radius 3 is 2.63 bits per heavy atom. The van der Waals surface area contributed by atoms with Gasteiger partial charge in [-0.2, -0.15) is 0 Å². The molecule has 2 bridgehead atoms. The number of hydrogen-bond acceptors (Lipinski definition) is 4. The standard InChI is InChI=1S/C26H34O4/c1-23-11-7-20-24(2)9-4-10-26(20,15-29-22(24)28)19(23)8-12-25(3)21(23)14-16-13-17(27)5-6-18(16)30-25/h5-6,13,19-21,27H,4,7-12,14-15H2,1-3H3/t19-,20+,21-,23+,24-,25-,26-/m0/s1. The highest BCUT2D eigenvalue weighted by molar-refractivity contribution is 5.78. The summed E-state index contributed by atoms with van der Waals surface area (Å²) in [5.41, 5.74) is 0.980. The van der Waals surface area contributed by atoms with Gasteiger partial charge in [0.2, 0.25) is 0 Å². The Balaban J connectivity index is 1.43. The van der Waals surface area contributed by atoms with E-state index < -0.39 is 0 Å². The summed E-state index contributed by atoms with van der Waals surface area (Å²) in [5, 5.41) is 10.1. The molecule has 1 aromatic carbocycles. The Hall–Kier alpha value is -1.71. The molecule has 6 rings (SSSR count). The summed E-state index contributed by atoms with van der Waals surface area (Å²) in [7, 11) is 0. The SMILES string of the molecule is C[C@@]12CC[C@H]3[C@]4(CCC[C@]3(C)C(=O)OC4)[C@H]1CC[C@]1(C)Oc3ccc(O)cc3C[C@@H]21. The van der Waals surface area contributed by atoms with E-state index in [4.69, 9.17) is 9.47 Å². The van der Waals surface area contributed by atoms with Crippen LogP contribution in [0.15, 0.2) is 18.2 Å². The van der Waals surface area contributed by atoms with Crippen molar-refractivity contribution in [3.05, 3.63) is 23.8 Å². The molecule has 2 aliphatic heterocycles. The van der Waals surface area contributed by atoms with Crippen molar-refractivity contribution in [1.82, 2.24) is 0 Å². The molecule has 4 nitrogen and oxygen atoms in total. The number of phenolic OH excluding ortho intramolecular Hbond substituents is 1. The highest BCUT2D eigenvalue weighted by Crippen LogP contribution is 2.72. The molecule has 162 valence electrons. The van der Waals surface area contributed by atoms with Crippen LogP contribution >= 0.6 is 0 Å². The number of esters is 1. The molecule has 30 heavy (non-hydrogen) atoms. The molecule has 1 aromatic rings. The summed E-state index contributed by atoms with van der Waals surface area (Å²) in [6, 6.07) is 5.56. The monoisotopic (exact) mass is 410 g/mol. The number of aromatic hydroxyl groups is 1. The van der Waals surface area contributed by atoms with Gasteiger partial charge in [-0.25, -0.2) is 0 Å². The fourth-order valence-corrected chi connectivity index (χ4v) is 9.16. The highest BCUT2D eigenvalue weighted by atomic mass is 16.5. The van der Waals surface area contributed by atoms with Crippen molar-refractivity contribution in [3.63, 3.8) is 0 Å². The first kappa shape index (κ1) is 19.0. The second kappa shape index (κ2) is 5.75. The van der Waals surface area contributed by atoms with E-state index in [0.29, 0.717) is 30.1 Å². The van der Waals surface area contributed by atoms with Crippen molar-refractivity contribution >= 4 is 5.97 Å². The second-order valence-corrected chi connectivity index (χ2v) is 11.7. The smallest absolute Gasteiger partial charge is 0.312 e. The third kappa shape index (κ3) is 2.16. The minimum Gasteiger partial charge on any atom is -0.508 e. The average molecular weight is 411 g/mol. The van der Waals surface area contributed by atoms with Crippen LogP contribution in [0.25, 0.3) is 0 Å². The first-order chi connectivity index (χ1) is 14.2. The van der Waals surface area contributed by atoms with Gasteiger partial charge in [0.15, 0.2) is 0 Å². The Kier molecular flexibility index (Phi) is 3.64. The lowest BCUT2D eigenvalue weighted by molar-refractivity contribution is -0.255. The number of phenols is 1. The number of carbonyl (C=O) groups excluding carboxylic acids is 1. The Bertz CT molecular complexity index is 926. The van der Waals surface area contributed by atoms with Crippen molar-refractivity contribution in [1.29, 1.82) is 0 Å². The van der Waals surface area contributed by atoms with Crippen LogP contribution in [0.5, 0.6) is 11.5 Å². The zero-order chi connectivity index (χ0) is 20.9. The summed E-state index contributed by atoms with van der Waals surface area (Å²) in [6.07, 6.45) is 8.77. The Morgan fingerprint density at radius 1 is 1.00 bits per heavy atom. The number of benzene rings is 1. The van der Waals surface area contributed by atoms with Gasteiger partial charge in [-0.05, 0) is 99.8 Å². The van der Waals surface area contributed by atoms with Gasteiger partial charge in [-0.15, -0.1) is 0 Å². The van der Waals surface area contributed by atoms with Crippen LogP contribution < -0.4 is 4.74 Å². The fraction of sp³-hybridized carbons (Fsp3) is 0.731. The van der Waals surface area contributed by atoms with Crippen LogP contribution in [0, 0.1) is 34.0 Å². The Morgan fingerprint density at radius 2 is 1.80 bits per heavy atom. The molecule has 2 heterocycles. The van der Waals surface area contributed by atoms with Crippen LogP contribution in [-0.4, -0.2) is 23.3 Å². The first-order valence-corrected chi connectivity index (χ1v) is 11.9. The maximum atomic E-state index is 12.8. The number of ether oxygens (including phenoxy) is 2. The van der Waals surface area contributed by atoms with Gasteiger partial charge in [0.1, 0.15) is 17.1 Å². The molecule has 0 aromatic heterocycles. The molecule has 3 aliphatic carbocycles. The average Bonchev–Trinajstić information content (AvgIpc) is 2.70. The van der Waals surface area contributed by atoms with E-state index in [1.165, 1.54) is 6.42 Å². The minimum absolute atomic E-state index is 0.0532. The van der Waals surface area contributed by atoms with E-state index in [2.05, 4.69) is 20.8 Å². The third-order valence-corrected chi connectivity index (χ3v) is 10.5. The van der Waals surface area contributed by atoms with Gasteiger partial charge in [-0.3, -0.25) is 4.79 Å². The van der Waals surface area contributed by atoms with Crippen molar-refractivity contribution in [3.8, 4) is 11.5 Å². The lowest BCUT2D eigenvalue weighted by atomic mass is 9.36. The van der Waals surface area contributed by atoms with Crippen LogP contribution in [0.3, 0.4) is 0 Å². The molecule has 1 saturated heterocycles. The molecule has 7 atom stereocenters. The lowest BCUT2D eigenvalue weighted by Crippen LogP contribution is -2.69. The first-order valence-electron chi connectivity index (χ1n) is 11.9. The summed E-state index contributed by atoms with van der Waals surface area (Å²) >= 11 is 0. The fourth-order valence-electron chi connectivity index (χ4n) is 9.16. The van der Waals surface area contributed by atoms with Crippen molar-refractivity contribution in [2.75, 3.05) is 6.61 Å². The molecular weight excluding hydrogens is 376 g/mol. The molecule has 3 saturated carbocycles. The maximum Gasteiger partial charge on any atom is 0.312 e. The van der Waals surface area contributed by atoms with Crippen molar-refractivity contribution in [2.24, 2.45) is 34.0 Å². The number of fused-ring (bicyclic) bond motifs is 4. The molecule has 0 radical (unpaired) electrons. The quantitative estimate of drug-likeness (QED) is 0.593. The van der Waals surface area contributed by atoms with Crippen LogP contribution in [-0.2, 0) is 16.0 Å². The van der Waals surface area contributed by atoms with Crippen molar-refractivity contribution < 1.29 is 19.4 Å². The van der Waals surface area contributed by atoms with E-state index >= 15 is 0 Å². The van der Waals surface area contributed by atoms with E-state index in [-0.39, 0.29) is 27.8 Å². The largest absolute Gasteiger partial charge is 0.508 e. The number of rotatable bonds is 0. The molecule has 0 spiro atoms. The van der Waals surface area contributed by atoms with E-state index in [1.54, 1.807) is 6.07 Å². The normalized spacial score (nSPS) is 48.9. The Labute approximate surface area is 179 Å². The molecule has 0 unspecified atom stereocenters. The number of cyclic esters (lactones) is 1. The number of hydrogen-bond donors (Lipinski definition) is 1. The van der Waals surface area contributed by atoms with Gasteiger partial charge in [0.05, 0.1) is 12.0 Å². The van der Waals surface area contributed by atoms with Crippen molar-refractivity contribution in [2.45, 2.75) is 77.7 Å². The zero-order valence-electron chi connectivity index (χ0n) is 18.5. The van der Waals surface area contributed by atoms with Crippen LogP contribution in [0.4, 0.5) is 0 Å². The predicted molar refractivity (Wildman–Crippen MR) is 113 cm³/mol. The van der Waals surface area contributed by atoms with Gasteiger partial charge in [0.25, 0.3) is 0 Å². The third-order valence-electron chi connectivity index (χ3n) is 10.5. The summed E-state index contributed by atoms with van der Waals surface area (Å²) in [4.78, 5) is 12.8. The van der Waals surface area contributed by atoms with E-state index in [0.717, 1.165) is 56.3 Å². The molecule has 4 fully saturated rings. The molecular formula is C26H34O4. The molecule has 1 N–H and O–H groups in total. The van der Waals surface area contributed by atoms with Gasteiger partial charge in [0, 0.05) is 11.3 Å². The topological polar surface area (TPSA) is 55.8 Å². The summed E-state index contributed by atoms with van der Waals surface area (Å²) < 4.78 is 12.6. The van der Waals surface area contributed by atoms with Gasteiger partial charge < -0.3 is 14.6 Å². The number of carbonyl (C=O) groups is 1. The van der Waals surface area contributed by atoms with Gasteiger partial charge >= 0.3 is 5.97 Å². The summed E-state index contributed by atoms with van der Waals surface area (Å²) in [6.45, 7) is 7.62. The molecule has 0 amide bonds. The van der Waals surface area contributed by atoms with Crippen LogP contribution in [0.1, 0.15) is 71.3 Å².